The van der Waals surface area contributed by atoms with E-state index in [1.54, 1.807) is 44.0 Å². The Balaban J connectivity index is 1.73. The van der Waals surface area contributed by atoms with E-state index in [4.69, 9.17) is 21.1 Å². The Morgan fingerprint density at radius 1 is 1.27 bits per heavy atom. The van der Waals surface area contributed by atoms with Gasteiger partial charge in [0.25, 0.3) is 18.2 Å². The first-order chi connectivity index (χ1) is 18.9. The van der Waals surface area contributed by atoms with Gasteiger partial charge < -0.3 is 25.0 Å². The van der Waals surface area contributed by atoms with Crippen molar-refractivity contribution in [2.24, 2.45) is 0 Å². The van der Waals surface area contributed by atoms with Gasteiger partial charge in [-0.05, 0) is 38.1 Å². The number of hydrogen-bond donors (Lipinski definition) is 2. The van der Waals surface area contributed by atoms with Gasteiger partial charge in [-0.3, -0.25) is 13.8 Å². The number of carbonyl (C=O) groups is 2. The molecule has 0 spiro atoms. The molecule has 11 nitrogen and oxygen atoms in total. The van der Waals surface area contributed by atoms with Gasteiger partial charge in [-0.25, -0.2) is 18.4 Å². The van der Waals surface area contributed by atoms with E-state index >= 15 is 0 Å². The molecule has 40 heavy (non-hydrogen) atoms. The van der Waals surface area contributed by atoms with E-state index in [1.165, 1.54) is 24.6 Å². The summed E-state index contributed by atoms with van der Waals surface area (Å²) in [7, 11) is 0.597. The maximum atomic E-state index is 13.6. The maximum Gasteiger partial charge on any atom is 0.274 e. The molecule has 0 aliphatic carbocycles. The van der Waals surface area contributed by atoms with Gasteiger partial charge in [0, 0.05) is 47.7 Å². The van der Waals surface area contributed by atoms with Crippen molar-refractivity contribution in [3.8, 4) is 17.4 Å². The minimum Gasteiger partial charge on any atom is -0.471 e. The lowest BCUT2D eigenvalue weighted by Gasteiger charge is -2.26. The molecule has 1 aliphatic rings. The number of anilines is 2. The minimum atomic E-state index is -2.76. The van der Waals surface area contributed by atoms with Crippen LogP contribution in [0.5, 0.6) is 11.6 Å². The number of ether oxygens (including phenoxy) is 2. The summed E-state index contributed by atoms with van der Waals surface area (Å²) in [5.74, 6) is -1.04. The molecule has 2 aromatic heterocycles. The monoisotopic (exact) mass is 596 g/mol. The minimum absolute atomic E-state index is 0.0567. The van der Waals surface area contributed by atoms with Gasteiger partial charge in [0.1, 0.15) is 11.3 Å². The highest BCUT2D eigenvalue weighted by Gasteiger charge is 2.32. The fourth-order valence-electron chi connectivity index (χ4n) is 4.11. The molecule has 3 heterocycles. The van der Waals surface area contributed by atoms with Crippen molar-refractivity contribution in [3.63, 3.8) is 0 Å². The number of nitrogens with zero attached hydrogens (tertiary/aromatic N) is 4. The average molecular weight is 597 g/mol. The number of carbonyl (C=O) groups excluding carboxylic acids is 2. The summed E-state index contributed by atoms with van der Waals surface area (Å²) in [6.07, 6.45) is 0.195. The van der Waals surface area contributed by atoms with Crippen LogP contribution in [-0.2, 0) is 10.8 Å². The number of pyridine rings is 1. The van der Waals surface area contributed by atoms with Crippen LogP contribution in [-0.4, -0.2) is 75.1 Å². The molecule has 2 amide bonds. The predicted octanol–water partition coefficient (Wildman–Crippen LogP) is 3.49. The van der Waals surface area contributed by atoms with Crippen molar-refractivity contribution < 1.29 is 32.1 Å². The van der Waals surface area contributed by atoms with Crippen LogP contribution in [0.15, 0.2) is 36.5 Å². The van der Waals surface area contributed by atoms with Crippen LogP contribution in [0.4, 0.5) is 20.2 Å². The Labute approximate surface area is 236 Å². The van der Waals surface area contributed by atoms with Gasteiger partial charge in [-0.15, -0.1) is 5.10 Å². The molecule has 0 saturated heterocycles. The molecule has 0 saturated carbocycles. The van der Waals surface area contributed by atoms with Gasteiger partial charge in [-0.2, -0.15) is 0 Å². The molecule has 1 unspecified atom stereocenters. The quantitative estimate of drug-likeness (QED) is 0.364. The number of rotatable bonds is 10. The van der Waals surface area contributed by atoms with E-state index in [0.717, 1.165) is 4.68 Å². The van der Waals surface area contributed by atoms with Crippen molar-refractivity contribution >= 4 is 45.6 Å². The number of aromatic nitrogens is 3. The van der Waals surface area contributed by atoms with Crippen LogP contribution >= 0.6 is 11.6 Å². The molecule has 1 aliphatic heterocycles. The van der Waals surface area contributed by atoms with Crippen LogP contribution < -0.4 is 25.0 Å². The summed E-state index contributed by atoms with van der Waals surface area (Å²) in [4.78, 5) is 33.0. The summed E-state index contributed by atoms with van der Waals surface area (Å²) in [6.45, 7) is 2.71. The van der Waals surface area contributed by atoms with Crippen LogP contribution in [0.2, 0.25) is 5.02 Å². The molecule has 1 aromatic carbocycles. The Kier molecular flexibility index (Phi) is 8.59. The van der Waals surface area contributed by atoms with Gasteiger partial charge in [0.05, 0.1) is 16.4 Å². The predicted molar refractivity (Wildman–Crippen MR) is 147 cm³/mol. The van der Waals surface area contributed by atoms with Crippen molar-refractivity contribution in [2.75, 3.05) is 42.6 Å². The first-order valence-electron chi connectivity index (χ1n) is 11.9. The number of fused-ring (bicyclic) bond motifs is 1. The van der Waals surface area contributed by atoms with E-state index in [9.17, 15) is 22.6 Å². The van der Waals surface area contributed by atoms with Crippen molar-refractivity contribution in [3.05, 3.63) is 52.8 Å². The van der Waals surface area contributed by atoms with Gasteiger partial charge in [-0.1, -0.05) is 11.6 Å². The first-order valence-corrected chi connectivity index (χ1v) is 14.0. The highest BCUT2D eigenvalue weighted by atomic mass is 35.5. The van der Waals surface area contributed by atoms with E-state index in [0.29, 0.717) is 5.69 Å². The third-order valence-corrected chi connectivity index (χ3v) is 7.08. The lowest BCUT2D eigenvalue weighted by Crippen LogP contribution is -2.47. The standard InChI is InChI=1S/C25H27ClF2N6O5S/c1-25(2,12-40(4)37)31-24(36)20-15(7-8-16-21(20)39-13-33(16)3)30-23(35)17-10-19(38-11-18(27)28)32-34(17)22-14(26)6-5-9-29-22/h5-10,18H,11-13H2,1-4H3,(H,30,35)(H,31,36). The second kappa shape index (κ2) is 11.8. The summed E-state index contributed by atoms with van der Waals surface area (Å²) < 4.78 is 49.2. The molecule has 0 radical (unpaired) electrons. The Morgan fingerprint density at radius 3 is 2.70 bits per heavy atom. The molecular formula is C25H27ClF2N6O5S. The third-order valence-electron chi connectivity index (χ3n) is 5.66. The van der Waals surface area contributed by atoms with Gasteiger partial charge in [0.2, 0.25) is 5.88 Å². The van der Waals surface area contributed by atoms with E-state index in [2.05, 4.69) is 20.7 Å². The lowest BCUT2D eigenvalue weighted by atomic mass is 10.0. The lowest BCUT2D eigenvalue weighted by molar-refractivity contribution is 0.0793. The largest absolute Gasteiger partial charge is 0.471 e. The number of halogens is 3. The number of benzene rings is 1. The summed E-state index contributed by atoms with van der Waals surface area (Å²) in [5.41, 5.74) is -0.179. The van der Waals surface area contributed by atoms with Crippen LogP contribution in [0.3, 0.4) is 0 Å². The van der Waals surface area contributed by atoms with Crippen molar-refractivity contribution in [1.82, 2.24) is 20.1 Å². The molecule has 1 atom stereocenters. The van der Waals surface area contributed by atoms with Crippen LogP contribution in [0.1, 0.15) is 34.7 Å². The molecule has 2 N–H and O–H groups in total. The fourth-order valence-corrected chi connectivity index (χ4v) is 5.40. The molecule has 15 heteroatoms. The summed E-state index contributed by atoms with van der Waals surface area (Å²) in [6, 6.07) is 7.50. The molecule has 4 rings (SSSR count). The summed E-state index contributed by atoms with van der Waals surface area (Å²) >= 11 is 6.26. The van der Waals surface area contributed by atoms with E-state index in [1.807, 2.05) is 0 Å². The fraction of sp³-hybridized carbons (Fsp3) is 0.360. The number of amides is 2. The highest BCUT2D eigenvalue weighted by Crippen LogP contribution is 2.40. The second-order valence-corrected chi connectivity index (χ2v) is 11.5. The highest BCUT2D eigenvalue weighted by molar-refractivity contribution is 7.84. The second-order valence-electron chi connectivity index (χ2n) is 9.61. The SMILES string of the molecule is CN1COc2c1ccc(NC(=O)c1cc(OCC(F)F)nn1-c1ncccc1Cl)c2C(=O)NC(C)(C)CS(C)=O. The average Bonchev–Trinajstić information content (AvgIpc) is 3.45. The van der Waals surface area contributed by atoms with Crippen LogP contribution in [0.25, 0.3) is 5.82 Å². The molecular weight excluding hydrogens is 570 g/mol. The smallest absolute Gasteiger partial charge is 0.274 e. The van der Waals surface area contributed by atoms with E-state index < -0.39 is 41.2 Å². The zero-order valence-corrected chi connectivity index (χ0v) is 23.6. The van der Waals surface area contributed by atoms with E-state index in [-0.39, 0.29) is 51.9 Å². The van der Waals surface area contributed by atoms with Crippen LogP contribution in [0, 0.1) is 0 Å². The Morgan fingerprint density at radius 2 is 2.02 bits per heavy atom. The molecule has 0 bridgehead atoms. The first kappa shape index (κ1) is 29.2. The van der Waals surface area contributed by atoms with Gasteiger partial charge >= 0.3 is 0 Å². The Bertz CT molecular complexity index is 1470. The summed E-state index contributed by atoms with van der Waals surface area (Å²) in [5, 5.41) is 9.79. The number of nitrogens with one attached hydrogen (secondary N) is 2. The van der Waals surface area contributed by atoms with Gasteiger partial charge in [0.15, 0.2) is 24.9 Å². The third kappa shape index (κ3) is 6.50. The van der Waals surface area contributed by atoms with Crippen molar-refractivity contribution in [2.45, 2.75) is 25.8 Å². The maximum absolute atomic E-state index is 13.6. The Hall–Kier alpha value is -3.78. The zero-order valence-electron chi connectivity index (χ0n) is 22.0. The number of hydrogen-bond acceptors (Lipinski definition) is 8. The molecule has 3 aromatic rings. The number of alkyl halides is 2. The molecule has 214 valence electrons. The van der Waals surface area contributed by atoms with Crippen molar-refractivity contribution in [1.29, 1.82) is 0 Å². The molecule has 0 fully saturated rings. The normalized spacial score (nSPS) is 13.6. The topological polar surface area (TPSA) is 128 Å². The zero-order chi connectivity index (χ0) is 29.2.